The largest absolute Gasteiger partial charge is 0.480 e. The SMILES string of the molecule is Nc1nc2c(c(=O)[nH]1)[n+](Cc1ccc(-c3ccccc3)[nH]c1=O)cn2COCCOP(=O)(O)OP(=O)(O)n1cccc1. The average Bonchev–Trinajstić information content (AvgIpc) is 3.59. The Morgan fingerprint density at radius 3 is 2.40 bits per heavy atom. The molecule has 4 heterocycles. The van der Waals surface area contributed by atoms with E-state index >= 15 is 0 Å². The van der Waals surface area contributed by atoms with Crippen LogP contribution in [0.3, 0.4) is 0 Å². The molecule has 0 saturated heterocycles. The molecule has 0 saturated carbocycles. The summed E-state index contributed by atoms with van der Waals surface area (Å²) < 4.78 is 42.7. The van der Waals surface area contributed by atoms with Gasteiger partial charge in [0.15, 0.2) is 6.73 Å². The van der Waals surface area contributed by atoms with Crippen molar-refractivity contribution in [2.75, 3.05) is 18.9 Å². The zero-order valence-electron chi connectivity index (χ0n) is 21.8. The number of anilines is 1. The molecule has 0 aliphatic carbocycles. The Bertz CT molecular complexity index is 1920. The zero-order valence-corrected chi connectivity index (χ0v) is 23.6. The van der Waals surface area contributed by atoms with Gasteiger partial charge in [0, 0.05) is 18.1 Å². The molecular formula is C24H26N7O9P2+. The Hall–Kier alpha value is -4.14. The molecule has 0 fully saturated rings. The highest BCUT2D eigenvalue weighted by Gasteiger charge is 2.35. The minimum atomic E-state index is -4.91. The molecule has 0 radical (unpaired) electrons. The van der Waals surface area contributed by atoms with E-state index < -0.39 is 27.7 Å². The maximum absolute atomic E-state index is 12.9. The van der Waals surface area contributed by atoms with E-state index in [1.165, 1.54) is 40.0 Å². The number of nitrogen functional groups attached to an aromatic ring is 1. The number of nitrogens with zero attached hydrogens (tertiary/aromatic N) is 4. The van der Waals surface area contributed by atoms with Crippen molar-refractivity contribution in [1.29, 1.82) is 0 Å². The van der Waals surface area contributed by atoms with Crippen LogP contribution in [-0.2, 0) is 36.0 Å². The summed E-state index contributed by atoms with van der Waals surface area (Å²) in [7, 11) is -9.57. The topological polar surface area (TPSA) is 221 Å². The normalized spacial score (nSPS) is 14.5. The highest BCUT2D eigenvalue weighted by Crippen LogP contribution is 2.60. The van der Waals surface area contributed by atoms with Crippen LogP contribution >= 0.6 is 15.6 Å². The van der Waals surface area contributed by atoms with Crippen molar-refractivity contribution in [3.63, 3.8) is 0 Å². The third-order valence-corrected chi connectivity index (χ3v) is 8.99. The lowest BCUT2D eigenvalue weighted by Crippen LogP contribution is -2.39. The quantitative estimate of drug-likeness (QED) is 0.0767. The number of rotatable bonds is 12. The first-order valence-corrected chi connectivity index (χ1v) is 15.3. The second-order valence-electron chi connectivity index (χ2n) is 8.90. The number of fused-ring (bicyclic) bond motifs is 1. The Kier molecular flexibility index (Phi) is 8.38. The predicted molar refractivity (Wildman–Crippen MR) is 149 cm³/mol. The fourth-order valence-corrected chi connectivity index (χ4v) is 6.49. The van der Waals surface area contributed by atoms with Gasteiger partial charge in [-0.3, -0.25) is 23.4 Å². The Labute approximate surface area is 236 Å². The molecule has 16 nitrogen and oxygen atoms in total. The van der Waals surface area contributed by atoms with Crippen molar-refractivity contribution < 1.29 is 37.1 Å². The van der Waals surface area contributed by atoms with Gasteiger partial charge in [0.1, 0.15) is 6.54 Å². The highest BCUT2D eigenvalue weighted by atomic mass is 31.3. The number of imidazole rings is 1. The van der Waals surface area contributed by atoms with Crippen molar-refractivity contribution in [3.05, 3.63) is 99.6 Å². The van der Waals surface area contributed by atoms with Crippen LogP contribution in [0, 0.1) is 0 Å². The van der Waals surface area contributed by atoms with Crippen LogP contribution < -0.4 is 21.4 Å². The third kappa shape index (κ3) is 6.66. The van der Waals surface area contributed by atoms with Crippen molar-refractivity contribution in [2.45, 2.75) is 13.3 Å². The lowest BCUT2D eigenvalue weighted by atomic mass is 10.1. The highest BCUT2D eigenvalue weighted by molar-refractivity contribution is 7.63. The van der Waals surface area contributed by atoms with Gasteiger partial charge in [-0.1, -0.05) is 30.3 Å². The molecule has 4 aromatic heterocycles. The third-order valence-electron chi connectivity index (χ3n) is 5.95. The minimum Gasteiger partial charge on any atom is -0.369 e. The molecule has 1 aromatic carbocycles. The molecule has 18 heteroatoms. The van der Waals surface area contributed by atoms with Gasteiger partial charge in [-0.15, -0.1) is 0 Å². The summed E-state index contributed by atoms with van der Waals surface area (Å²) in [5.74, 6) is -0.137. The molecule has 0 amide bonds. The van der Waals surface area contributed by atoms with Crippen molar-refractivity contribution in [2.24, 2.45) is 0 Å². The van der Waals surface area contributed by atoms with E-state index in [1.807, 2.05) is 30.3 Å². The summed E-state index contributed by atoms with van der Waals surface area (Å²) in [5, 5.41) is 0. The molecule has 5 aromatic rings. The number of ether oxygens (including phenoxy) is 1. The number of phosphoric acid groups is 1. The van der Waals surface area contributed by atoms with Crippen LogP contribution in [0.1, 0.15) is 5.56 Å². The van der Waals surface area contributed by atoms with E-state index in [9.17, 15) is 28.5 Å². The number of nitrogens with one attached hydrogen (secondary N) is 2. The maximum Gasteiger partial charge on any atom is 0.480 e. The fourth-order valence-electron chi connectivity index (χ4n) is 4.09. The van der Waals surface area contributed by atoms with E-state index in [-0.39, 0.29) is 42.6 Å². The van der Waals surface area contributed by atoms with E-state index in [1.54, 1.807) is 12.1 Å². The van der Waals surface area contributed by atoms with E-state index in [0.29, 0.717) is 11.3 Å². The van der Waals surface area contributed by atoms with E-state index in [2.05, 4.69) is 19.3 Å². The zero-order chi connectivity index (χ0) is 29.9. The molecule has 0 spiro atoms. The molecule has 2 unspecified atom stereocenters. The predicted octanol–water partition coefficient (Wildman–Crippen LogP) is 1.56. The summed E-state index contributed by atoms with van der Waals surface area (Å²) in [5.41, 5.74) is 7.03. The van der Waals surface area contributed by atoms with Crippen LogP contribution in [0.4, 0.5) is 5.95 Å². The first-order valence-electron chi connectivity index (χ1n) is 12.3. The van der Waals surface area contributed by atoms with Gasteiger partial charge in [0.05, 0.1) is 18.8 Å². The fraction of sp³-hybridized carbons (Fsp3) is 0.167. The number of pyridine rings is 1. The van der Waals surface area contributed by atoms with Crippen LogP contribution in [0.5, 0.6) is 0 Å². The van der Waals surface area contributed by atoms with Crippen LogP contribution in [0.15, 0.2) is 82.9 Å². The molecule has 6 N–H and O–H groups in total. The number of H-pyrrole nitrogens is 2. The smallest absolute Gasteiger partial charge is 0.369 e. The molecule has 5 rings (SSSR count). The second-order valence-corrected chi connectivity index (χ2v) is 12.2. The number of aromatic amines is 2. The van der Waals surface area contributed by atoms with Crippen molar-refractivity contribution in [1.82, 2.24) is 23.9 Å². The lowest BCUT2D eigenvalue weighted by Gasteiger charge is -2.16. The molecule has 0 aliphatic heterocycles. The Balaban J connectivity index is 1.27. The van der Waals surface area contributed by atoms with Crippen LogP contribution in [0.25, 0.3) is 22.4 Å². The minimum absolute atomic E-state index is 0.0271. The summed E-state index contributed by atoms with van der Waals surface area (Å²) in [6, 6.07) is 15.7. The number of phosphoric ester groups is 1. The number of nitrogens with two attached hydrogens (primary N) is 1. The van der Waals surface area contributed by atoms with Gasteiger partial charge in [-0.2, -0.15) is 13.9 Å². The number of hydrogen-bond donors (Lipinski definition) is 5. The first-order chi connectivity index (χ1) is 20.0. The van der Waals surface area contributed by atoms with Crippen molar-refractivity contribution >= 4 is 32.7 Å². The first kappa shape index (κ1) is 29.4. The molecule has 42 heavy (non-hydrogen) atoms. The number of hydrogen-bond acceptors (Lipinski definition) is 9. The van der Waals surface area contributed by atoms with Gasteiger partial charge in [-0.25, -0.2) is 13.7 Å². The van der Waals surface area contributed by atoms with Crippen molar-refractivity contribution in [3.8, 4) is 11.3 Å². The maximum atomic E-state index is 12.9. The average molecular weight is 618 g/mol. The Morgan fingerprint density at radius 2 is 1.69 bits per heavy atom. The van der Waals surface area contributed by atoms with E-state index in [4.69, 9.17) is 15.0 Å². The standard InChI is InChI=1S/C24H25N7O9P2/c25-24-27-21-20(23(33)28-24)29(14-18-8-9-19(26-22(18)32)17-6-2-1-3-7-17)15-30(21)16-38-12-13-39-42(36,37)40-41(34,35)31-10-4-5-11-31/h1-11,15H,12-14,16H2,(H5-,25,26,27,28,32,33,34,35,36,37)/p+1. The van der Waals surface area contributed by atoms with Gasteiger partial charge < -0.3 is 25.2 Å². The molecule has 2 atom stereocenters. The monoisotopic (exact) mass is 618 g/mol. The van der Waals surface area contributed by atoms with Crippen LogP contribution in [0.2, 0.25) is 0 Å². The number of benzene rings is 1. The summed E-state index contributed by atoms with van der Waals surface area (Å²) >= 11 is 0. The summed E-state index contributed by atoms with van der Waals surface area (Å²) in [6.45, 7) is -0.881. The number of aromatic nitrogens is 6. The molecular weight excluding hydrogens is 592 g/mol. The van der Waals surface area contributed by atoms with E-state index in [0.717, 1.165) is 9.90 Å². The van der Waals surface area contributed by atoms with Gasteiger partial charge in [0.25, 0.3) is 16.7 Å². The molecule has 0 bridgehead atoms. The molecule has 0 aliphatic rings. The summed E-state index contributed by atoms with van der Waals surface area (Å²) in [4.78, 5) is 54.8. The Morgan fingerprint density at radius 1 is 0.952 bits per heavy atom. The second kappa shape index (κ2) is 12.0. The van der Waals surface area contributed by atoms with Gasteiger partial charge >= 0.3 is 21.1 Å². The molecule has 220 valence electrons. The van der Waals surface area contributed by atoms with Gasteiger partial charge in [-0.05, 0) is 29.8 Å². The lowest BCUT2D eigenvalue weighted by molar-refractivity contribution is -0.664. The summed E-state index contributed by atoms with van der Waals surface area (Å²) in [6.07, 6.45) is 3.90. The van der Waals surface area contributed by atoms with Gasteiger partial charge in [0.2, 0.25) is 12.3 Å². The van der Waals surface area contributed by atoms with Crippen LogP contribution in [-0.4, -0.2) is 46.9 Å².